The number of nitrogens with one attached hydrogen (secondary N) is 1. The van der Waals surface area contributed by atoms with E-state index in [0.717, 1.165) is 47.7 Å². The molecule has 1 aliphatic rings. The number of hydrogen-bond donors (Lipinski definition) is 1. The Hall–Kier alpha value is -4.02. The van der Waals surface area contributed by atoms with Crippen molar-refractivity contribution in [1.29, 1.82) is 5.26 Å². The first-order chi connectivity index (χ1) is 18.1. The summed E-state index contributed by atoms with van der Waals surface area (Å²) in [5.41, 5.74) is 3.46. The zero-order valence-electron chi connectivity index (χ0n) is 20.3. The van der Waals surface area contributed by atoms with Crippen molar-refractivity contribution >= 4 is 36.3 Å². The van der Waals surface area contributed by atoms with Crippen LogP contribution in [0.25, 0.3) is 11.3 Å². The number of benzene rings is 2. The van der Waals surface area contributed by atoms with Crippen LogP contribution in [0.3, 0.4) is 0 Å². The molecule has 3 heterocycles. The van der Waals surface area contributed by atoms with Crippen molar-refractivity contribution in [3.8, 4) is 17.3 Å². The number of aromatic nitrogens is 4. The van der Waals surface area contributed by atoms with Gasteiger partial charge in [-0.05, 0) is 0 Å². The zero-order valence-corrected chi connectivity index (χ0v) is 22.2. The molecule has 0 bridgehead atoms. The van der Waals surface area contributed by atoms with Gasteiger partial charge in [-0.15, -0.1) is 0 Å². The predicted molar refractivity (Wildman–Crippen MR) is 140 cm³/mol. The quantitative estimate of drug-likeness (QED) is 0.273. The topological polar surface area (TPSA) is 121 Å². The van der Waals surface area contributed by atoms with Gasteiger partial charge in [-0.25, -0.2) is 0 Å². The normalized spacial score (nSPS) is 14.1. The Morgan fingerprint density at radius 3 is 2.54 bits per heavy atom. The maximum absolute atomic E-state index is 12.0. The number of nitrogens with zero attached hydrogens (tertiary/aromatic N) is 6. The summed E-state index contributed by atoms with van der Waals surface area (Å²) >= 11 is -0.363. The molecular weight excluding hydrogens is 529 g/mol. The third kappa shape index (κ3) is 6.04. The summed E-state index contributed by atoms with van der Waals surface area (Å²) in [6, 6.07) is 19.7. The molecule has 2 aromatic carbocycles. The maximum atomic E-state index is 12.0. The molecule has 0 atom stereocenters. The molecule has 9 nitrogen and oxygen atoms in total. The molecule has 2 aromatic heterocycles. The fourth-order valence-electron chi connectivity index (χ4n) is 4.29. The van der Waals surface area contributed by atoms with Crippen molar-refractivity contribution in [3.63, 3.8) is 0 Å². The van der Waals surface area contributed by atoms with E-state index in [1.165, 1.54) is 10.0 Å². The van der Waals surface area contributed by atoms with Gasteiger partial charge in [0.25, 0.3) is 0 Å². The molecule has 4 aromatic rings. The Balaban J connectivity index is 1.19. The van der Waals surface area contributed by atoms with Crippen molar-refractivity contribution in [2.45, 2.75) is 25.7 Å². The van der Waals surface area contributed by atoms with Crippen LogP contribution in [0, 0.1) is 18.3 Å². The Bertz CT molecular complexity index is 1410. The molecule has 0 saturated carbocycles. The Kier molecular flexibility index (Phi) is 7.57. The molecule has 1 saturated heterocycles. The van der Waals surface area contributed by atoms with Crippen LogP contribution in [0.2, 0.25) is 0 Å². The summed E-state index contributed by atoms with van der Waals surface area (Å²) in [6.07, 6.45) is 3.78. The minimum absolute atomic E-state index is 0.0143. The Labute approximate surface area is 221 Å². The van der Waals surface area contributed by atoms with Crippen LogP contribution < -0.4 is 19.2 Å². The molecular formula is C27H25AsN7O2. The van der Waals surface area contributed by atoms with Crippen LogP contribution in [0.5, 0.6) is 0 Å². The molecule has 0 spiro atoms. The number of nitriles is 1. The molecule has 1 fully saturated rings. The summed E-state index contributed by atoms with van der Waals surface area (Å²) in [5, 5.41) is 19.3. The second-order valence-corrected chi connectivity index (χ2v) is 11.1. The van der Waals surface area contributed by atoms with Crippen molar-refractivity contribution in [2.75, 3.05) is 24.5 Å². The fourth-order valence-corrected chi connectivity index (χ4v) is 5.99. The van der Waals surface area contributed by atoms with Crippen molar-refractivity contribution in [1.82, 2.24) is 25.5 Å². The first-order valence-electron chi connectivity index (χ1n) is 12.0. The molecule has 0 aliphatic carbocycles. The Morgan fingerprint density at radius 1 is 1.11 bits per heavy atom. The molecule has 1 aliphatic heterocycles. The van der Waals surface area contributed by atoms with E-state index in [1.54, 1.807) is 18.3 Å². The molecule has 37 heavy (non-hydrogen) atoms. The van der Waals surface area contributed by atoms with Crippen LogP contribution in [0.4, 0.5) is 5.69 Å². The van der Waals surface area contributed by atoms with Gasteiger partial charge in [-0.2, -0.15) is 0 Å². The number of aryl methyl sites for hydroxylation is 1. The van der Waals surface area contributed by atoms with Gasteiger partial charge in [0.15, 0.2) is 0 Å². The van der Waals surface area contributed by atoms with Crippen LogP contribution in [0.15, 0.2) is 65.2 Å². The van der Waals surface area contributed by atoms with E-state index < -0.39 is 0 Å². The van der Waals surface area contributed by atoms with E-state index in [1.807, 2.05) is 31.2 Å². The third-order valence-electron chi connectivity index (χ3n) is 6.24. The second-order valence-electron chi connectivity index (χ2n) is 8.71. The van der Waals surface area contributed by atoms with E-state index in [4.69, 9.17) is 14.7 Å². The number of piperidine rings is 1. The standard InChI is InChI=1S/C27H25AsN7O2/c1-18-33-34-26(37-18)21-11-16-35(17-12-21)23-8-6-22(7-9-23)28-27-31-14-10-24(32-27)19-2-4-20(5-3-19)25(36)30-15-13-29/h2-10,14,21H,11-12,15-17H2,1H3,(H,30,36). The average molecular weight is 554 g/mol. The second kappa shape index (κ2) is 11.4. The van der Waals surface area contributed by atoms with Gasteiger partial charge < -0.3 is 0 Å². The summed E-state index contributed by atoms with van der Waals surface area (Å²) in [5.74, 6) is 1.45. The average Bonchev–Trinajstić information content (AvgIpc) is 3.39. The monoisotopic (exact) mass is 554 g/mol. The summed E-state index contributed by atoms with van der Waals surface area (Å²) in [6.45, 7) is 3.74. The van der Waals surface area contributed by atoms with Crippen LogP contribution in [-0.4, -0.2) is 61.5 Å². The zero-order chi connectivity index (χ0) is 25.6. The first kappa shape index (κ1) is 24.7. The molecule has 1 radical (unpaired) electrons. The molecule has 5 rings (SSSR count). The Morgan fingerprint density at radius 2 is 1.86 bits per heavy atom. The van der Waals surface area contributed by atoms with Gasteiger partial charge in [-0.1, -0.05) is 0 Å². The molecule has 1 amide bonds. The molecule has 10 heteroatoms. The number of amides is 1. The number of hydrogen-bond acceptors (Lipinski definition) is 8. The van der Waals surface area contributed by atoms with Crippen LogP contribution >= 0.6 is 0 Å². The van der Waals surface area contributed by atoms with Crippen LogP contribution in [0.1, 0.15) is 40.9 Å². The predicted octanol–water partition coefficient (Wildman–Crippen LogP) is 2.13. The van der Waals surface area contributed by atoms with Gasteiger partial charge in [0.2, 0.25) is 0 Å². The third-order valence-corrected chi connectivity index (χ3v) is 8.28. The molecule has 185 valence electrons. The number of rotatable bonds is 7. The van der Waals surface area contributed by atoms with Gasteiger partial charge in [0.05, 0.1) is 0 Å². The van der Waals surface area contributed by atoms with E-state index in [9.17, 15) is 4.79 Å². The van der Waals surface area contributed by atoms with E-state index in [2.05, 4.69) is 49.7 Å². The minimum atomic E-state index is -0.363. The first-order valence-corrected chi connectivity index (χ1v) is 13.9. The van der Waals surface area contributed by atoms with Crippen LogP contribution in [-0.2, 0) is 0 Å². The van der Waals surface area contributed by atoms with E-state index >= 15 is 0 Å². The summed E-state index contributed by atoms with van der Waals surface area (Å²) in [4.78, 5) is 23.7. The summed E-state index contributed by atoms with van der Waals surface area (Å²) < 4.78 is 7.69. The van der Waals surface area contributed by atoms with Crippen molar-refractivity contribution in [3.05, 3.63) is 78.1 Å². The van der Waals surface area contributed by atoms with Gasteiger partial charge >= 0.3 is 222 Å². The van der Waals surface area contributed by atoms with Gasteiger partial charge in [0.1, 0.15) is 0 Å². The van der Waals surface area contributed by atoms with E-state index in [-0.39, 0.29) is 28.2 Å². The van der Waals surface area contributed by atoms with E-state index in [0.29, 0.717) is 17.4 Å². The summed E-state index contributed by atoms with van der Waals surface area (Å²) in [7, 11) is 0. The molecule has 0 unspecified atom stereocenters. The number of carbonyl (C=O) groups excluding carboxylic acids is 1. The van der Waals surface area contributed by atoms with Crippen molar-refractivity contribution < 1.29 is 9.21 Å². The SMILES string of the molecule is Cc1nnc(C2CCN(c3ccc([As]c4nccc(-c5ccc(C(=O)NCC#N)cc5)n4)cc3)CC2)o1. The van der Waals surface area contributed by atoms with Gasteiger partial charge in [-0.3, -0.25) is 0 Å². The van der Waals surface area contributed by atoms with Gasteiger partial charge in [0, 0.05) is 0 Å². The van der Waals surface area contributed by atoms with Crippen molar-refractivity contribution in [2.24, 2.45) is 0 Å². The molecule has 1 N–H and O–H groups in total. The number of carbonyl (C=O) groups is 1. The number of anilines is 1. The fraction of sp³-hybridized carbons (Fsp3) is 0.259.